The van der Waals surface area contributed by atoms with E-state index in [0.29, 0.717) is 0 Å². The van der Waals surface area contributed by atoms with Crippen molar-refractivity contribution in [1.82, 2.24) is 0 Å². The van der Waals surface area contributed by atoms with Crippen molar-refractivity contribution in [3.63, 3.8) is 0 Å². The topological polar surface area (TPSA) is 17.1 Å². The average molecular weight is 337 g/mol. The highest BCUT2D eigenvalue weighted by atomic mass is 31.1. The molecule has 2 rings (SSSR count). The van der Waals surface area contributed by atoms with Crippen LogP contribution in [0.4, 0.5) is 26.3 Å². The standard InChI is InChI=1S/C14H8F6OP/c15-13(16,17)9-1-5-11(6-2-9)22(21)12-7-3-10(4-8-12)14(18,19)20/h1-8H/q+1. The van der Waals surface area contributed by atoms with Gasteiger partial charge in [-0.1, -0.05) is 4.57 Å². The van der Waals surface area contributed by atoms with Gasteiger partial charge in [-0.05, 0) is 48.5 Å². The van der Waals surface area contributed by atoms with Gasteiger partial charge in [-0.25, -0.2) is 0 Å². The zero-order chi connectivity index (χ0) is 16.5. The minimum Gasteiger partial charge on any atom is -0.166 e. The molecule has 0 unspecified atom stereocenters. The van der Waals surface area contributed by atoms with E-state index in [0.717, 1.165) is 48.5 Å². The molecule has 0 heterocycles. The Balaban J connectivity index is 2.25. The monoisotopic (exact) mass is 337 g/mol. The quantitative estimate of drug-likeness (QED) is 0.582. The molecule has 2 aromatic carbocycles. The first kappa shape index (κ1) is 16.5. The van der Waals surface area contributed by atoms with Crippen molar-refractivity contribution < 1.29 is 30.9 Å². The predicted molar refractivity (Wildman–Crippen MR) is 69.8 cm³/mol. The van der Waals surface area contributed by atoms with Crippen LogP contribution in [0, 0.1) is 0 Å². The molecular formula is C14H8F6OP+. The van der Waals surface area contributed by atoms with E-state index in [9.17, 15) is 30.9 Å². The molecule has 0 aliphatic heterocycles. The van der Waals surface area contributed by atoms with Gasteiger partial charge in [-0.15, -0.1) is 0 Å². The second-order valence-corrected chi connectivity index (χ2v) is 6.01. The van der Waals surface area contributed by atoms with Crippen LogP contribution in [0.2, 0.25) is 0 Å². The lowest BCUT2D eigenvalue weighted by atomic mass is 10.2. The molecule has 0 fully saturated rings. The Kier molecular flexibility index (Phi) is 4.29. The van der Waals surface area contributed by atoms with E-state index >= 15 is 0 Å². The third-order valence-electron chi connectivity index (χ3n) is 2.86. The first-order chi connectivity index (χ1) is 10.1. The van der Waals surface area contributed by atoms with Gasteiger partial charge in [0.05, 0.1) is 11.1 Å². The van der Waals surface area contributed by atoms with Gasteiger partial charge in [0.25, 0.3) is 0 Å². The van der Waals surface area contributed by atoms with Gasteiger partial charge in [0.15, 0.2) is 10.6 Å². The molecule has 0 N–H and O–H groups in total. The summed E-state index contributed by atoms with van der Waals surface area (Å²) in [6.07, 6.45) is -9.00. The fraction of sp³-hybridized carbons (Fsp3) is 0.143. The van der Waals surface area contributed by atoms with E-state index in [2.05, 4.69) is 0 Å². The van der Waals surface area contributed by atoms with Crippen molar-refractivity contribution in [2.75, 3.05) is 0 Å². The molecule has 0 amide bonds. The summed E-state index contributed by atoms with van der Waals surface area (Å²) >= 11 is 0. The van der Waals surface area contributed by atoms with Crippen molar-refractivity contribution >= 4 is 18.4 Å². The highest BCUT2D eigenvalue weighted by Crippen LogP contribution is 2.31. The zero-order valence-electron chi connectivity index (χ0n) is 10.7. The summed E-state index contributed by atoms with van der Waals surface area (Å²) in [4.78, 5) is 0. The molecule has 0 radical (unpaired) electrons. The van der Waals surface area contributed by atoms with Gasteiger partial charge in [0.1, 0.15) is 0 Å². The van der Waals surface area contributed by atoms with Crippen molar-refractivity contribution in [1.29, 1.82) is 0 Å². The largest absolute Gasteiger partial charge is 0.416 e. The number of alkyl halides is 6. The highest BCUT2D eigenvalue weighted by Gasteiger charge is 2.33. The number of hydrogen-bond donors (Lipinski definition) is 0. The van der Waals surface area contributed by atoms with Crippen LogP contribution in [-0.4, -0.2) is 0 Å². The first-order valence-electron chi connectivity index (χ1n) is 5.91. The van der Waals surface area contributed by atoms with Crippen molar-refractivity contribution in [3.05, 3.63) is 59.7 Å². The Bertz CT molecular complexity index is 611. The minimum atomic E-state index is -4.50. The Morgan fingerprint density at radius 2 is 0.864 bits per heavy atom. The maximum absolute atomic E-state index is 12.4. The van der Waals surface area contributed by atoms with Crippen LogP contribution in [0.25, 0.3) is 0 Å². The molecule has 22 heavy (non-hydrogen) atoms. The molecule has 0 aliphatic carbocycles. The summed E-state index contributed by atoms with van der Waals surface area (Å²) in [5.41, 5.74) is -1.76. The van der Waals surface area contributed by atoms with E-state index in [-0.39, 0.29) is 10.6 Å². The lowest BCUT2D eigenvalue weighted by Gasteiger charge is -2.05. The van der Waals surface area contributed by atoms with Crippen molar-refractivity contribution in [2.45, 2.75) is 12.4 Å². The van der Waals surface area contributed by atoms with Crippen LogP contribution < -0.4 is 10.6 Å². The van der Waals surface area contributed by atoms with E-state index in [1.54, 1.807) is 0 Å². The molecule has 116 valence electrons. The predicted octanol–water partition coefficient (Wildman–Crippen LogP) is 4.50. The minimum absolute atomic E-state index is 0.114. The molecule has 0 atom stereocenters. The van der Waals surface area contributed by atoms with Crippen LogP contribution in [0.3, 0.4) is 0 Å². The summed E-state index contributed by atoms with van der Waals surface area (Å²) in [7, 11) is -2.25. The molecule has 0 spiro atoms. The number of rotatable bonds is 2. The molecule has 1 nitrogen and oxygen atoms in total. The second kappa shape index (κ2) is 5.72. The third-order valence-corrected chi connectivity index (χ3v) is 4.39. The number of benzene rings is 2. The molecule has 0 saturated heterocycles. The van der Waals surface area contributed by atoms with Crippen LogP contribution in [-0.2, 0) is 16.9 Å². The fourth-order valence-electron chi connectivity index (χ4n) is 1.72. The Morgan fingerprint density at radius 3 is 1.09 bits per heavy atom. The van der Waals surface area contributed by atoms with Gasteiger partial charge in [-0.3, -0.25) is 0 Å². The molecule has 0 saturated carbocycles. The van der Waals surface area contributed by atoms with E-state index in [4.69, 9.17) is 0 Å². The smallest absolute Gasteiger partial charge is 0.166 e. The fourth-order valence-corrected chi connectivity index (χ4v) is 2.86. The van der Waals surface area contributed by atoms with Gasteiger partial charge in [-0.2, -0.15) is 26.3 Å². The van der Waals surface area contributed by atoms with Crippen LogP contribution in [0.1, 0.15) is 11.1 Å². The molecule has 8 heteroatoms. The third kappa shape index (κ3) is 3.65. The summed E-state index contributed by atoms with van der Waals surface area (Å²) in [5, 5.41) is 0.227. The maximum Gasteiger partial charge on any atom is 0.416 e. The zero-order valence-corrected chi connectivity index (χ0v) is 11.6. The first-order valence-corrected chi connectivity index (χ1v) is 7.17. The maximum atomic E-state index is 12.4. The van der Waals surface area contributed by atoms with Gasteiger partial charge < -0.3 is 0 Å². The molecular weight excluding hydrogens is 329 g/mol. The van der Waals surface area contributed by atoms with Crippen molar-refractivity contribution in [3.8, 4) is 0 Å². The van der Waals surface area contributed by atoms with Gasteiger partial charge >= 0.3 is 20.2 Å². The van der Waals surface area contributed by atoms with Crippen LogP contribution in [0.5, 0.6) is 0 Å². The van der Waals surface area contributed by atoms with E-state index < -0.39 is 31.3 Å². The van der Waals surface area contributed by atoms with Crippen LogP contribution >= 0.6 is 7.80 Å². The Labute approximate surface area is 122 Å². The molecule has 2 aromatic rings. The lowest BCUT2D eigenvalue weighted by Crippen LogP contribution is -2.11. The van der Waals surface area contributed by atoms with Crippen LogP contribution in [0.15, 0.2) is 48.5 Å². The second-order valence-electron chi connectivity index (χ2n) is 4.38. The molecule has 0 bridgehead atoms. The summed E-state index contributed by atoms with van der Waals surface area (Å²) in [5.74, 6) is 0. The van der Waals surface area contributed by atoms with E-state index in [1.807, 2.05) is 0 Å². The number of halogens is 6. The molecule has 0 aromatic heterocycles. The normalized spacial score (nSPS) is 12.3. The summed E-state index contributed by atoms with van der Waals surface area (Å²) < 4.78 is 86.7. The molecule has 0 aliphatic rings. The lowest BCUT2D eigenvalue weighted by molar-refractivity contribution is -0.138. The Hall–Kier alpha value is -1.88. The average Bonchev–Trinajstić information content (AvgIpc) is 2.45. The SMILES string of the molecule is O=[P+](c1ccc(C(F)(F)F)cc1)c1ccc(C(F)(F)F)cc1. The number of hydrogen-bond acceptors (Lipinski definition) is 1. The summed E-state index contributed by atoms with van der Waals surface area (Å²) in [6.45, 7) is 0. The van der Waals surface area contributed by atoms with Crippen molar-refractivity contribution in [2.24, 2.45) is 0 Å². The highest BCUT2D eigenvalue weighted by molar-refractivity contribution is 7.61. The Morgan fingerprint density at radius 1 is 0.591 bits per heavy atom. The van der Waals surface area contributed by atoms with E-state index in [1.165, 1.54) is 0 Å². The van der Waals surface area contributed by atoms with Gasteiger partial charge in [0, 0.05) is 0 Å². The summed E-state index contributed by atoms with van der Waals surface area (Å²) in [6, 6.07) is 7.36. The van der Waals surface area contributed by atoms with Gasteiger partial charge in [0.2, 0.25) is 0 Å².